The lowest BCUT2D eigenvalue weighted by molar-refractivity contribution is -0.116. The summed E-state index contributed by atoms with van der Waals surface area (Å²) in [6, 6.07) is 30.5. The average molecular weight is 683 g/mol. The van der Waals surface area contributed by atoms with E-state index in [1.54, 1.807) is 86.0 Å². The minimum absolute atomic E-state index is 0.0515. The van der Waals surface area contributed by atoms with Crippen LogP contribution in [0.5, 0.6) is 5.75 Å². The Balaban J connectivity index is 1.29. The molecule has 1 unspecified atom stereocenters. The first-order valence-electron chi connectivity index (χ1n) is 14.6. The van der Waals surface area contributed by atoms with Gasteiger partial charge in [-0.1, -0.05) is 73.1 Å². The molecule has 8 nitrogen and oxygen atoms in total. The van der Waals surface area contributed by atoms with Crippen LogP contribution in [0.3, 0.4) is 0 Å². The number of thioether (sulfide) groups is 1. The summed E-state index contributed by atoms with van der Waals surface area (Å²) in [5.74, 6) is -0.500. The number of amides is 3. The third kappa shape index (κ3) is 9.10. The van der Waals surface area contributed by atoms with Crippen LogP contribution in [0.4, 0.5) is 10.8 Å². The van der Waals surface area contributed by atoms with E-state index in [2.05, 4.69) is 20.9 Å². The Kier molecular flexibility index (Phi) is 11.5. The van der Waals surface area contributed by atoms with E-state index in [4.69, 9.17) is 16.3 Å². The number of methoxy groups -OCH3 is 1. The molecular weight excluding hydrogens is 652 g/mol. The molecule has 0 saturated heterocycles. The smallest absolute Gasteiger partial charge is 0.272 e. The quantitative estimate of drug-likeness (QED) is 0.0901. The zero-order valence-electron chi connectivity index (χ0n) is 25.5. The lowest BCUT2D eigenvalue weighted by Crippen LogP contribution is -2.30. The predicted molar refractivity (Wildman–Crippen MR) is 191 cm³/mol. The predicted octanol–water partition coefficient (Wildman–Crippen LogP) is 8.39. The summed E-state index contributed by atoms with van der Waals surface area (Å²) in [6.45, 7) is 1.94. The van der Waals surface area contributed by atoms with Crippen LogP contribution in [-0.2, 0) is 9.59 Å². The van der Waals surface area contributed by atoms with Gasteiger partial charge in [-0.05, 0) is 66.6 Å². The van der Waals surface area contributed by atoms with Gasteiger partial charge in [0.05, 0.1) is 18.1 Å². The van der Waals surface area contributed by atoms with E-state index in [-0.39, 0.29) is 11.6 Å². The number of carbonyl (C=O) groups excluding carboxylic acids is 3. The van der Waals surface area contributed by atoms with E-state index >= 15 is 0 Å². The Labute approximate surface area is 286 Å². The molecule has 1 aromatic heterocycles. The van der Waals surface area contributed by atoms with E-state index < -0.39 is 17.1 Å². The van der Waals surface area contributed by atoms with Gasteiger partial charge in [-0.3, -0.25) is 14.4 Å². The van der Waals surface area contributed by atoms with Gasteiger partial charge in [0.1, 0.15) is 11.4 Å². The normalized spacial score (nSPS) is 11.8. The monoisotopic (exact) mass is 682 g/mol. The molecule has 0 fully saturated rings. The number of carbonyl (C=O) groups is 3. The molecule has 1 heterocycles. The topological polar surface area (TPSA) is 109 Å². The lowest BCUT2D eigenvalue weighted by Gasteiger charge is -2.15. The molecule has 0 aliphatic heterocycles. The van der Waals surface area contributed by atoms with E-state index in [9.17, 15) is 14.4 Å². The Morgan fingerprint density at radius 1 is 0.936 bits per heavy atom. The highest BCUT2D eigenvalue weighted by molar-refractivity contribution is 8.00. The van der Waals surface area contributed by atoms with Crippen molar-refractivity contribution in [2.75, 3.05) is 17.7 Å². The van der Waals surface area contributed by atoms with Gasteiger partial charge < -0.3 is 20.7 Å². The van der Waals surface area contributed by atoms with Crippen molar-refractivity contribution >= 4 is 69.3 Å². The Hall–Kier alpha value is -4.90. The number of rotatable bonds is 12. The van der Waals surface area contributed by atoms with Crippen molar-refractivity contribution in [3.05, 3.63) is 130 Å². The van der Waals surface area contributed by atoms with Gasteiger partial charge in [-0.25, -0.2) is 4.98 Å². The lowest BCUT2D eigenvalue weighted by atomic mass is 10.1. The molecule has 1 atom stereocenters. The molecule has 238 valence electrons. The van der Waals surface area contributed by atoms with Crippen molar-refractivity contribution in [1.82, 2.24) is 10.3 Å². The first-order chi connectivity index (χ1) is 22.8. The molecule has 0 aliphatic carbocycles. The molecule has 47 heavy (non-hydrogen) atoms. The summed E-state index contributed by atoms with van der Waals surface area (Å²) >= 11 is 9.03. The summed E-state index contributed by atoms with van der Waals surface area (Å²) in [4.78, 5) is 45.1. The summed E-state index contributed by atoms with van der Waals surface area (Å²) in [6.07, 6.45) is 2.15. The van der Waals surface area contributed by atoms with Crippen LogP contribution < -0.4 is 20.7 Å². The van der Waals surface area contributed by atoms with E-state index in [1.165, 1.54) is 23.1 Å². The number of hydrogen-bond donors (Lipinski definition) is 3. The number of nitrogens with one attached hydrogen (secondary N) is 3. The van der Waals surface area contributed by atoms with Crippen LogP contribution in [0.15, 0.2) is 119 Å². The number of thiazole rings is 1. The Bertz CT molecular complexity index is 1910. The fourth-order valence-corrected chi connectivity index (χ4v) is 6.44. The number of ether oxygens (including phenoxy) is 1. The van der Waals surface area contributed by atoms with Gasteiger partial charge in [-0.2, -0.15) is 0 Å². The zero-order chi connectivity index (χ0) is 33.2. The second-order valence-electron chi connectivity index (χ2n) is 10.2. The van der Waals surface area contributed by atoms with E-state index in [1.807, 2.05) is 42.6 Å². The minimum atomic E-state index is -0.512. The SMILES string of the molecule is CCC(Sc1cccc(NC(=O)/C(=C/c2cccc(OC)c2)NC(=O)c2ccccc2)c1)C(=O)Nc1nc(-c2ccccc2Cl)cs1. The third-order valence-corrected chi connectivity index (χ3v) is 9.30. The zero-order valence-corrected chi connectivity index (χ0v) is 27.9. The second kappa shape index (κ2) is 16.1. The van der Waals surface area contributed by atoms with Crippen molar-refractivity contribution in [2.45, 2.75) is 23.5 Å². The molecule has 11 heteroatoms. The fraction of sp³-hybridized carbons (Fsp3) is 0.111. The van der Waals surface area contributed by atoms with Crippen LogP contribution in [-0.4, -0.2) is 35.1 Å². The van der Waals surface area contributed by atoms with Gasteiger partial charge >= 0.3 is 0 Å². The van der Waals surface area contributed by atoms with Crippen molar-refractivity contribution in [1.29, 1.82) is 0 Å². The van der Waals surface area contributed by atoms with E-state index in [0.717, 1.165) is 10.5 Å². The number of anilines is 2. The molecular formula is C36H31ClN4O4S2. The highest BCUT2D eigenvalue weighted by atomic mass is 35.5. The Morgan fingerprint density at radius 2 is 1.70 bits per heavy atom. The minimum Gasteiger partial charge on any atom is -0.497 e. The van der Waals surface area contributed by atoms with Crippen molar-refractivity contribution in [3.63, 3.8) is 0 Å². The number of hydrogen-bond acceptors (Lipinski definition) is 7. The average Bonchev–Trinajstić information content (AvgIpc) is 3.55. The van der Waals surface area contributed by atoms with Gasteiger partial charge in [0.2, 0.25) is 5.91 Å². The van der Waals surface area contributed by atoms with Gasteiger partial charge in [-0.15, -0.1) is 23.1 Å². The van der Waals surface area contributed by atoms with Gasteiger partial charge in [0, 0.05) is 32.1 Å². The maximum absolute atomic E-state index is 13.6. The summed E-state index contributed by atoms with van der Waals surface area (Å²) < 4.78 is 5.31. The van der Waals surface area contributed by atoms with Crippen molar-refractivity contribution in [3.8, 4) is 17.0 Å². The summed E-state index contributed by atoms with van der Waals surface area (Å²) in [5, 5.41) is 11.1. The number of nitrogens with zero attached hydrogens (tertiary/aromatic N) is 1. The van der Waals surface area contributed by atoms with Crippen LogP contribution in [0.2, 0.25) is 5.02 Å². The van der Waals surface area contributed by atoms with Crippen LogP contribution in [0, 0.1) is 0 Å². The second-order valence-corrected chi connectivity index (χ2v) is 12.7. The highest BCUT2D eigenvalue weighted by Crippen LogP contribution is 2.32. The third-order valence-electron chi connectivity index (χ3n) is 6.85. The fourth-order valence-electron chi connectivity index (χ4n) is 4.48. The largest absolute Gasteiger partial charge is 0.497 e. The number of halogens is 1. The molecule has 5 rings (SSSR count). The molecule has 3 amide bonds. The molecule has 0 spiro atoms. The first kappa shape index (κ1) is 33.5. The molecule has 0 radical (unpaired) electrons. The Morgan fingerprint density at radius 3 is 2.47 bits per heavy atom. The van der Waals surface area contributed by atoms with Crippen molar-refractivity contribution < 1.29 is 19.1 Å². The summed E-state index contributed by atoms with van der Waals surface area (Å²) in [5.41, 5.74) is 3.13. The standard InChI is InChI=1S/C36H31ClN4O4S2/c1-3-32(35(44)41-36-40-31(22-46-36)28-17-7-8-18-29(28)37)47-27-16-10-14-25(21-27)38-34(43)30(20-23-11-9-15-26(19-23)45-2)39-33(42)24-12-5-4-6-13-24/h4-22,32H,3H2,1-2H3,(H,38,43)(H,39,42)(H,40,41,44)/b30-20-. The van der Waals surface area contributed by atoms with Crippen molar-refractivity contribution in [2.24, 2.45) is 0 Å². The number of benzene rings is 4. The molecule has 0 bridgehead atoms. The van der Waals surface area contributed by atoms with E-state index in [0.29, 0.717) is 44.8 Å². The molecule has 3 N–H and O–H groups in total. The molecule has 0 saturated carbocycles. The maximum atomic E-state index is 13.6. The maximum Gasteiger partial charge on any atom is 0.272 e. The molecule has 5 aromatic rings. The molecule has 4 aromatic carbocycles. The first-order valence-corrected chi connectivity index (χ1v) is 16.8. The molecule has 0 aliphatic rings. The number of aromatic nitrogens is 1. The summed E-state index contributed by atoms with van der Waals surface area (Å²) in [7, 11) is 1.56. The van der Waals surface area contributed by atoms with Crippen LogP contribution in [0.1, 0.15) is 29.3 Å². The van der Waals surface area contributed by atoms with Crippen LogP contribution in [0.25, 0.3) is 17.3 Å². The van der Waals surface area contributed by atoms with Gasteiger partial charge in [0.15, 0.2) is 5.13 Å². The van der Waals surface area contributed by atoms with Gasteiger partial charge in [0.25, 0.3) is 11.8 Å². The van der Waals surface area contributed by atoms with Crippen LogP contribution >= 0.6 is 34.7 Å². The highest BCUT2D eigenvalue weighted by Gasteiger charge is 2.21.